The van der Waals surface area contributed by atoms with Crippen molar-refractivity contribution in [3.05, 3.63) is 64.2 Å². The van der Waals surface area contributed by atoms with Gasteiger partial charge in [-0.1, -0.05) is 57.0 Å². The molecule has 2 heterocycles. The average molecular weight is 534 g/mol. The average Bonchev–Trinajstić information content (AvgIpc) is 2.88. The zero-order valence-corrected chi connectivity index (χ0v) is 23.1. The molecule has 2 N–H and O–H groups in total. The van der Waals surface area contributed by atoms with E-state index in [1.165, 1.54) is 11.1 Å². The Kier molecular flexibility index (Phi) is 11.6. The van der Waals surface area contributed by atoms with Crippen LogP contribution in [0.3, 0.4) is 0 Å². The lowest BCUT2D eigenvalue weighted by Gasteiger charge is -2.44. The Balaban J connectivity index is 2.41. The molecule has 2 unspecified atom stereocenters. The van der Waals surface area contributed by atoms with Crippen LogP contribution in [0.1, 0.15) is 66.0 Å². The molecule has 2 rings (SSSR count). The van der Waals surface area contributed by atoms with Crippen LogP contribution in [-0.2, 0) is 4.79 Å². The van der Waals surface area contributed by atoms with Gasteiger partial charge in [0.05, 0.1) is 34.6 Å². The van der Waals surface area contributed by atoms with Gasteiger partial charge in [0.15, 0.2) is 0 Å². The summed E-state index contributed by atoms with van der Waals surface area (Å²) in [4.78, 5) is 23.7. The number of likely N-dealkylation sites (tertiary alicyclic amines) is 1. The van der Waals surface area contributed by atoms with Crippen molar-refractivity contribution < 1.29 is 13.6 Å². The van der Waals surface area contributed by atoms with Crippen LogP contribution in [0.5, 0.6) is 0 Å². The zero-order valence-electron chi connectivity index (χ0n) is 22.3. The van der Waals surface area contributed by atoms with Crippen LogP contribution < -0.4 is 5.32 Å². The minimum atomic E-state index is -3.02. The monoisotopic (exact) mass is 533 g/mol. The zero-order chi connectivity index (χ0) is 27.6. The van der Waals surface area contributed by atoms with Gasteiger partial charge in [0, 0.05) is 25.4 Å². The molecule has 0 spiro atoms. The lowest BCUT2D eigenvalue weighted by atomic mass is 9.87. The maximum atomic E-state index is 14.8. The number of aliphatic imine (C=N–C) groups is 1. The van der Waals surface area contributed by atoms with Crippen molar-refractivity contribution in [2.45, 2.75) is 72.3 Å². The number of aromatic nitrogens is 1. The van der Waals surface area contributed by atoms with E-state index in [4.69, 9.17) is 17.0 Å². The number of hydrogen-bond donors (Lipinski definition) is 2. The lowest BCUT2D eigenvalue weighted by molar-refractivity contribution is -0.148. The highest BCUT2D eigenvalue weighted by Gasteiger charge is 2.46. The lowest BCUT2D eigenvalue weighted by Crippen LogP contribution is -2.58. The number of nitrogens with zero attached hydrogens (tertiary/aromatic N) is 3. The molecule has 9 heteroatoms. The van der Waals surface area contributed by atoms with Gasteiger partial charge in [-0.15, -0.1) is 0 Å². The summed E-state index contributed by atoms with van der Waals surface area (Å²) in [7, 11) is 0. The van der Waals surface area contributed by atoms with Gasteiger partial charge in [-0.3, -0.25) is 15.2 Å². The van der Waals surface area contributed by atoms with Gasteiger partial charge in [-0.2, -0.15) is 0 Å². The number of unbranched alkanes of at least 4 members (excludes halogenated alkanes) is 1. The maximum absolute atomic E-state index is 14.8. The van der Waals surface area contributed by atoms with Crippen molar-refractivity contribution in [2.75, 3.05) is 13.1 Å². The predicted molar refractivity (Wildman–Crippen MR) is 147 cm³/mol. The molecule has 202 valence electrons. The van der Waals surface area contributed by atoms with Gasteiger partial charge in [0.1, 0.15) is 5.82 Å². The van der Waals surface area contributed by atoms with E-state index in [0.29, 0.717) is 23.0 Å². The standard InChI is InChI=1S/C28H38ClF2N5O/c1-6-9-12-22(25(32)23-13-10-11-14-33-23)27(37)36-18-28(30,31)15-20(5)24(36)17-35-26(19(4)7-2)34-16-21(29)8-3/h8,10-14,16,20,24,32,35H,6-7,9,15,17-18H2,1-5H3/b21-8+,22-12+,26-19+,32-25?,34-16+. The van der Waals surface area contributed by atoms with Crippen LogP contribution >= 0.6 is 11.6 Å². The number of carbonyl (C=O) groups is 1. The molecule has 1 saturated heterocycles. The minimum absolute atomic E-state index is 0.0692. The predicted octanol–water partition coefficient (Wildman–Crippen LogP) is 6.49. The van der Waals surface area contributed by atoms with E-state index in [1.54, 1.807) is 50.4 Å². The molecule has 0 radical (unpaired) electrons. The van der Waals surface area contributed by atoms with Crippen molar-refractivity contribution in [1.82, 2.24) is 15.2 Å². The Labute approximate surface area is 224 Å². The van der Waals surface area contributed by atoms with Gasteiger partial charge in [-0.05, 0) is 50.3 Å². The third kappa shape index (κ3) is 8.59. The van der Waals surface area contributed by atoms with E-state index >= 15 is 0 Å². The van der Waals surface area contributed by atoms with Crippen molar-refractivity contribution in [3.63, 3.8) is 0 Å². The van der Waals surface area contributed by atoms with Gasteiger partial charge in [-0.25, -0.2) is 13.8 Å². The fraction of sp³-hybridized carbons (Fsp3) is 0.500. The number of piperidine rings is 1. The van der Waals surface area contributed by atoms with Crippen molar-refractivity contribution in [2.24, 2.45) is 10.9 Å². The molecule has 0 bridgehead atoms. The first-order valence-corrected chi connectivity index (χ1v) is 13.1. The molecular formula is C28H38ClF2N5O. The molecule has 1 aromatic heterocycles. The Morgan fingerprint density at radius 3 is 2.70 bits per heavy atom. The highest BCUT2D eigenvalue weighted by atomic mass is 35.5. The fourth-order valence-electron chi connectivity index (χ4n) is 4.14. The number of rotatable bonds is 11. The molecule has 1 aliphatic rings. The number of pyridine rings is 1. The second kappa shape index (κ2) is 14.2. The number of carbonyl (C=O) groups excluding carboxylic acids is 1. The Bertz CT molecular complexity index is 1070. The van der Waals surface area contributed by atoms with E-state index < -0.39 is 30.3 Å². The third-order valence-electron chi connectivity index (χ3n) is 6.40. The number of alkyl halides is 2. The normalized spacial score (nSPS) is 21.1. The molecule has 1 aromatic rings. The van der Waals surface area contributed by atoms with Crippen molar-refractivity contribution in [1.29, 1.82) is 5.41 Å². The molecule has 2 atom stereocenters. The van der Waals surface area contributed by atoms with Crippen LogP contribution in [0.4, 0.5) is 8.78 Å². The second-order valence-corrected chi connectivity index (χ2v) is 9.77. The topological polar surface area (TPSA) is 81.4 Å². The van der Waals surface area contributed by atoms with E-state index in [0.717, 1.165) is 18.4 Å². The van der Waals surface area contributed by atoms with Crippen molar-refractivity contribution in [3.8, 4) is 0 Å². The molecule has 0 aromatic carbocycles. The quantitative estimate of drug-likeness (QED) is 0.252. The van der Waals surface area contributed by atoms with Gasteiger partial charge in [0.25, 0.3) is 11.8 Å². The highest BCUT2D eigenvalue weighted by molar-refractivity contribution is 6.39. The fourth-order valence-corrected chi connectivity index (χ4v) is 4.19. The molecule has 0 saturated carbocycles. The molecule has 0 aliphatic carbocycles. The summed E-state index contributed by atoms with van der Waals surface area (Å²) in [6, 6.07) is 4.56. The van der Waals surface area contributed by atoms with Crippen LogP contribution in [0.15, 0.2) is 63.5 Å². The number of amides is 1. The summed E-state index contributed by atoms with van der Waals surface area (Å²) >= 11 is 6.08. The SMILES string of the molecule is C\C=C(Cl)/C=N/C(NCC1C(C)CC(F)(F)CN1C(=O)/C(=C/CCC)C(=N)c1ccccn1)=C(/C)CC. The van der Waals surface area contributed by atoms with Crippen LogP contribution in [0, 0.1) is 11.3 Å². The molecule has 6 nitrogen and oxygen atoms in total. The summed E-state index contributed by atoms with van der Waals surface area (Å²) in [6.45, 7) is 8.95. The summed E-state index contributed by atoms with van der Waals surface area (Å²) in [5, 5.41) is 12.4. The first-order chi connectivity index (χ1) is 17.5. The van der Waals surface area contributed by atoms with Gasteiger partial charge >= 0.3 is 0 Å². The highest BCUT2D eigenvalue weighted by Crippen LogP contribution is 2.35. The second-order valence-electron chi connectivity index (χ2n) is 9.33. The molecule has 1 amide bonds. The number of nitrogens with one attached hydrogen (secondary N) is 2. The van der Waals surface area contributed by atoms with Crippen LogP contribution in [0.25, 0.3) is 0 Å². The smallest absolute Gasteiger partial charge is 0.265 e. The van der Waals surface area contributed by atoms with Crippen molar-refractivity contribution >= 4 is 29.4 Å². The molecule has 1 fully saturated rings. The number of halogens is 3. The summed E-state index contributed by atoms with van der Waals surface area (Å²) in [6.07, 6.45) is 8.16. The summed E-state index contributed by atoms with van der Waals surface area (Å²) in [5.74, 6) is -3.49. The van der Waals surface area contributed by atoms with Gasteiger partial charge in [0.2, 0.25) is 0 Å². The van der Waals surface area contributed by atoms with E-state index in [2.05, 4.69) is 15.3 Å². The van der Waals surface area contributed by atoms with E-state index in [1.807, 2.05) is 20.8 Å². The summed E-state index contributed by atoms with van der Waals surface area (Å²) in [5.41, 5.74) is 1.32. The molecule has 37 heavy (non-hydrogen) atoms. The maximum Gasteiger partial charge on any atom is 0.265 e. The largest absolute Gasteiger partial charge is 0.368 e. The first kappa shape index (κ1) is 30.4. The summed E-state index contributed by atoms with van der Waals surface area (Å²) < 4.78 is 29.5. The van der Waals surface area contributed by atoms with E-state index in [9.17, 15) is 13.6 Å². The minimum Gasteiger partial charge on any atom is -0.368 e. The van der Waals surface area contributed by atoms with Crippen LogP contribution in [-0.4, -0.2) is 52.8 Å². The van der Waals surface area contributed by atoms with Gasteiger partial charge < -0.3 is 10.2 Å². The number of hydrogen-bond acceptors (Lipinski definition) is 5. The molecular weight excluding hydrogens is 496 g/mol. The Hall–Kier alpha value is -2.87. The Morgan fingerprint density at radius 2 is 2.11 bits per heavy atom. The molecule has 1 aliphatic heterocycles. The number of allylic oxidation sites excluding steroid dienone is 4. The van der Waals surface area contributed by atoms with E-state index in [-0.39, 0.29) is 24.3 Å². The third-order valence-corrected chi connectivity index (χ3v) is 6.72. The Morgan fingerprint density at radius 1 is 1.38 bits per heavy atom. The first-order valence-electron chi connectivity index (χ1n) is 12.7. The van der Waals surface area contributed by atoms with Crippen LogP contribution in [0.2, 0.25) is 0 Å².